The van der Waals surface area contributed by atoms with E-state index in [1.54, 1.807) is 0 Å². The molecule has 88 valence electrons. The lowest BCUT2D eigenvalue weighted by molar-refractivity contribution is 0.610. The molecule has 0 fully saturated rings. The molecule has 0 spiro atoms. The summed E-state index contributed by atoms with van der Waals surface area (Å²) in [5.74, 6) is 0. The van der Waals surface area contributed by atoms with Crippen LogP contribution in [-0.2, 0) is 9.84 Å². The maximum absolute atomic E-state index is 11.0. The molecule has 0 bridgehead atoms. The zero-order valence-corrected chi connectivity index (χ0v) is 12.2. The maximum Gasteiger partial charge on any atom is 0.169 e. The minimum absolute atomic E-state index is 0.818. The van der Waals surface area contributed by atoms with E-state index < -0.39 is 17.9 Å². The molecule has 0 saturated heterocycles. The average Bonchev–Trinajstić information content (AvgIpc) is 2.12. The molecule has 4 heteroatoms. The van der Waals surface area contributed by atoms with E-state index in [9.17, 15) is 8.42 Å². The Hall–Kier alpha value is -0.353. The molecule has 0 aliphatic carbocycles. The molecule has 0 saturated carbocycles. The van der Waals surface area contributed by atoms with Crippen molar-refractivity contribution in [2.24, 2.45) is 0 Å². The smallest absolute Gasteiger partial charge is 0.169 e. The van der Waals surface area contributed by atoms with Crippen molar-refractivity contribution in [1.82, 2.24) is 0 Å². The van der Waals surface area contributed by atoms with Crippen LogP contribution >= 0.6 is 0 Å². The molecule has 0 aliphatic heterocycles. The molecule has 0 aromatic rings. The Kier molecular flexibility index (Phi) is 5.52. The quantitative estimate of drug-likeness (QED) is 0.551. The molecular weight excluding hydrogens is 224 g/mol. The lowest BCUT2D eigenvalue weighted by Crippen LogP contribution is -2.24. The summed E-state index contributed by atoms with van der Waals surface area (Å²) in [6, 6.07) is 2.40. The van der Waals surface area contributed by atoms with E-state index in [-0.39, 0.29) is 0 Å². The average molecular weight is 246 g/mol. The SMILES string of the molecule is CC[Si](C)(C=CC(C)=CS(C)(=O)=O)CC. The predicted octanol–water partition coefficient (Wildman–Crippen LogP) is 3.15. The topological polar surface area (TPSA) is 34.1 Å². The summed E-state index contributed by atoms with van der Waals surface area (Å²) in [7, 11) is -4.25. The van der Waals surface area contributed by atoms with Gasteiger partial charge < -0.3 is 0 Å². The van der Waals surface area contributed by atoms with Crippen LogP contribution in [0.3, 0.4) is 0 Å². The zero-order valence-electron chi connectivity index (χ0n) is 10.4. The van der Waals surface area contributed by atoms with Gasteiger partial charge in [0, 0.05) is 11.7 Å². The first-order valence-corrected chi connectivity index (χ1v) is 10.2. The largest absolute Gasteiger partial charge is 0.225 e. The monoisotopic (exact) mass is 246 g/mol. The Morgan fingerprint density at radius 2 is 1.73 bits per heavy atom. The van der Waals surface area contributed by atoms with Crippen molar-refractivity contribution in [2.75, 3.05) is 6.26 Å². The highest BCUT2D eigenvalue weighted by Gasteiger charge is 2.17. The van der Waals surface area contributed by atoms with Crippen molar-refractivity contribution in [3.05, 3.63) is 22.8 Å². The molecule has 0 heterocycles. The molecule has 0 aromatic heterocycles. The summed E-state index contributed by atoms with van der Waals surface area (Å²) in [6.07, 6.45) is 3.18. The van der Waals surface area contributed by atoms with Crippen molar-refractivity contribution >= 4 is 17.9 Å². The van der Waals surface area contributed by atoms with Crippen molar-refractivity contribution in [3.8, 4) is 0 Å². The Bertz CT molecular complexity index is 349. The summed E-state index contributed by atoms with van der Waals surface area (Å²) >= 11 is 0. The van der Waals surface area contributed by atoms with Gasteiger partial charge in [0.15, 0.2) is 9.84 Å². The Balaban J connectivity index is 4.75. The second-order valence-corrected chi connectivity index (χ2v) is 11.3. The van der Waals surface area contributed by atoms with Gasteiger partial charge in [-0.25, -0.2) is 8.42 Å². The third-order valence-corrected chi connectivity index (χ3v) is 7.77. The minimum Gasteiger partial charge on any atom is -0.225 e. The van der Waals surface area contributed by atoms with Crippen molar-refractivity contribution in [1.29, 1.82) is 0 Å². The van der Waals surface area contributed by atoms with Gasteiger partial charge in [-0.3, -0.25) is 0 Å². The van der Waals surface area contributed by atoms with Gasteiger partial charge >= 0.3 is 0 Å². The van der Waals surface area contributed by atoms with Gasteiger partial charge in [0.05, 0.1) is 8.07 Å². The summed E-state index contributed by atoms with van der Waals surface area (Å²) < 4.78 is 22.0. The molecule has 2 nitrogen and oxygen atoms in total. The summed E-state index contributed by atoms with van der Waals surface area (Å²) in [6.45, 7) is 8.56. The highest BCUT2D eigenvalue weighted by molar-refractivity contribution is 7.93. The first kappa shape index (κ1) is 14.6. The predicted molar refractivity (Wildman–Crippen MR) is 70.3 cm³/mol. The van der Waals surface area contributed by atoms with Crippen LogP contribution in [0.15, 0.2) is 22.8 Å². The van der Waals surface area contributed by atoms with E-state index in [0.29, 0.717) is 0 Å². The fourth-order valence-corrected chi connectivity index (χ4v) is 3.59. The van der Waals surface area contributed by atoms with Gasteiger partial charge in [0.1, 0.15) is 0 Å². The van der Waals surface area contributed by atoms with Crippen molar-refractivity contribution in [3.63, 3.8) is 0 Å². The number of rotatable bonds is 5. The Morgan fingerprint density at radius 3 is 2.07 bits per heavy atom. The van der Waals surface area contributed by atoms with Crippen LogP contribution in [0.1, 0.15) is 20.8 Å². The van der Waals surface area contributed by atoms with Gasteiger partial charge in [-0.05, 0) is 12.5 Å². The third kappa shape index (κ3) is 6.68. The van der Waals surface area contributed by atoms with Crippen LogP contribution in [0, 0.1) is 0 Å². The molecule has 0 radical (unpaired) electrons. The highest BCUT2D eigenvalue weighted by atomic mass is 32.2. The van der Waals surface area contributed by atoms with E-state index >= 15 is 0 Å². The molecule has 0 aromatic carbocycles. The molecule has 0 rings (SSSR count). The highest BCUT2D eigenvalue weighted by Crippen LogP contribution is 2.17. The normalized spacial score (nSPS) is 14.9. The minimum atomic E-state index is -3.00. The molecular formula is C11H22O2SSi. The second kappa shape index (κ2) is 5.65. The summed E-state index contributed by atoms with van der Waals surface area (Å²) in [4.78, 5) is 0. The Morgan fingerprint density at radius 1 is 1.27 bits per heavy atom. The van der Waals surface area contributed by atoms with E-state index in [4.69, 9.17) is 0 Å². The number of sulfone groups is 1. The molecule has 0 N–H and O–H groups in total. The van der Waals surface area contributed by atoms with E-state index in [2.05, 4.69) is 26.1 Å². The maximum atomic E-state index is 11.0. The molecule has 0 unspecified atom stereocenters. The zero-order chi connectivity index (χ0) is 12.1. The molecule has 0 aliphatic rings. The van der Waals surface area contributed by atoms with E-state index in [1.165, 1.54) is 23.8 Å². The Labute approximate surface area is 95.0 Å². The van der Waals surface area contributed by atoms with Crippen LogP contribution in [0.5, 0.6) is 0 Å². The standard InChI is InChI=1S/C11H22O2SSi/c1-6-15(5,7-2)9-8-11(3)10-14(4,12)13/h8-10H,6-7H2,1-5H3. The first-order chi connectivity index (χ1) is 6.72. The molecule has 15 heavy (non-hydrogen) atoms. The van der Waals surface area contributed by atoms with Gasteiger partial charge in [-0.1, -0.05) is 44.3 Å². The molecule has 0 amide bonds. The fourth-order valence-electron chi connectivity index (χ4n) is 1.20. The van der Waals surface area contributed by atoms with E-state index in [1.807, 2.05) is 13.0 Å². The van der Waals surface area contributed by atoms with Crippen LogP contribution < -0.4 is 0 Å². The number of hydrogen-bond donors (Lipinski definition) is 0. The second-order valence-electron chi connectivity index (χ2n) is 4.39. The van der Waals surface area contributed by atoms with Crippen LogP contribution in [0.4, 0.5) is 0 Å². The fraction of sp³-hybridized carbons (Fsp3) is 0.636. The lowest BCUT2D eigenvalue weighted by atomic mass is 10.4. The third-order valence-electron chi connectivity index (χ3n) is 2.76. The van der Waals surface area contributed by atoms with Crippen LogP contribution in [0.2, 0.25) is 18.6 Å². The van der Waals surface area contributed by atoms with Gasteiger partial charge in [-0.15, -0.1) is 0 Å². The summed E-state index contributed by atoms with van der Waals surface area (Å²) in [5, 5.41) is 1.32. The number of hydrogen-bond acceptors (Lipinski definition) is 2. The lowest BCUT2D eigenvalue weighted by Gasteiger charge is -2.18. The van der Waals surface area contributed by atoms with Crippen molar-refractivity contribution in [2.45, 2.75) is 39.4 Å². The molecule has 0 atom stereocenters. The van der Waals surface area contributed by atoms with Crippen LogP contribution in [0.25, 0.3) is 0 Å². The van der Waals surface area contributed by atoms with Gasteiger partial charge in [-0.2, -0.15) is 0 Å². The van der Waals surface area contributed by atoms with Gasteiger partial charge in [0.2, 0.25) is 0 Å². The number of allylic oxidation sites excluding steroid dienone is 2. The summed E-state index contributed by atoms with van der Waals surface area (Å²) in [5.41, 5.74) is 3.06. The first-order valence-electron chi connectivity index (χ1n) is 5.30. The van der Waals surface area contributed by atoms with Gasteiger partial charge in [0.25, 0.3) is 0 Å². The van der Waals surface area contributed by atoms with E-state index in [0.717, 1.165) is 5.57 Å². The van der Waals surface area contributed by atoms with Crippen molar-refractivity contribution < 1.29 is 8.42 Å². The van der Waals surface area contributed by atoms with Crippen LogP contribution in [-0.4, -0.2) is 22.7 Å².